The van der Waals surface area contributed by atoms with Crippen molar-refractivity contribution in [1.82, 2.24) is 4.57 Å². The number of halogens is 1. The predicted molar refractivity (Wildman–Crippen MR) is 73.8 cm³/mol. The van der Waals surface area contributed by atoms with E-state index in [1.54, 1.807) is 12.1 Å². The first-order chi connectivity index (χ1) is 8.95. The third kappa shape index (κ3) is 2.31. The molecule has 0 radical (unpaired) electrons. The highest BCUT2D eigenvalue weighted by Gasteiger charge is 2.15. The van der Waals surface area contributed by atoms with Crippen LogP contribution in [0.4, 0.5) is 0 Å². The van der Waals surface area contributed by atoms with E-state index >= 15 is 0 Å². The number of carboxylic acid groups (broad SMARTS) is 1. The Balaban J connectivity index is 2.65. The standard InChI is InChI=1S/C14H14ClNO3/c1-8-6-11(15)9(2)16(8)12-5-4-10(14(17)18)7-13(12)19-3/h4-7H,1-3H3,(H,17,18). The zero-order valence-corrected chi connectivity index (χ0v) is 11.7. The Morgan fingerprint density at radius 2 is 2.00 bits per heavy atom. The van der Waals surface area contributed by atoms with Gasteiger partial charge >= 0.3 is 5.97 Å². The summed E-state index contributed by atoms with van der Waals surface area (Å²) in [6.45, 7) is 3.84. The molecule has 1 N–H and O–H groups in total. The molecule has 0 aliphatic carbocycles. The molecule has 1 aromatic carbocycles. The number of methoxy groups -OCH3 is 1. The van der Waals surface area contributed by atoms with Crippen LogP contribution < -0.4 is 4.74 Å². The van der Waals surface area contributed by atoms with Gasteiger partial charge in [0.15, 0.2) is 0 Å². The summed E-state index contributed by atoms with van der Waals surface area (Å²) < 4.78 is 7.22. The van der Waals surface area contributed by atoms with Crippen LogP contribution in [0, 0.1) is 13.8 Å². The number of carboxylic acids is 1. The SMILES string of the molecule is COc1cc(C(=O)O)ccc1-n1c(C)cc(Cl)c1C. The maximum atomic E-state index is 11.0. The average molecular weight is 280 g/mol. The number of hydrogen-bond acceptors (Lipinski definition) is 2. The summed E-state index contributed by atoms with van der Waals surface area (Å²) in [7, 11) is 1.51. The van der Waals surface area contributed by atoms with E-state index in [4.69, 9.17) is 21.4 Å². The van der Waals surface area contributed by atoms with Gasteiger partial charge in [0, 0.05) is 11.4 Å². The number of carbonyl (C=O) groups is 1. The van der Waals surface area contributed by atoms with Crippen molar-refractivity contribution in [3.05, 3.63) is 46.2 Å². The smallest absolute Gasteiger partial charge is 0.335 e. The van der Waals surface area contributed by atoms with Gasteiger partial charge < -0.3 is 14.4 Å². The van der Waals surface area contributed by atoms with Crippen LogP contribution in [0.1, 0.15) is 21.7 Å². The molecule has 5 heteroatoms. The third-order valence-electron chi connectivity index (χ3n) is 3.04. The van der Waals surface area contributed by atoms with Gasteiger partial charge in [-0.15, -0.1) is 0 Å². The Morgan fingerprint density at radius 3 is 2.47 bits per heavy atom. The highest BCUT2D eigenvalue weighted by atomic mass is 35.5. The van der Waals surface area contributed by atoms with Crippen LogP contribution in [-0.4, -0.2) is 22.8 Å². The van der Waals surface area contributed by atoms with Crippen LogP contribution in [-0.2, 0) is 0 Å². The molecule has 0 aliphatic heterocycles. The van der Waals surface area contributed by atoms with Gasteiger partial charge in [0.2, 0.25) is 0 Å². The van der Waals surface area contributed by atoms with Crippen molar-refractivity contribution >= 4 is 17.6 Å². The number of nitrogens with zero attached hydrogens (tertiary/aromatic N) is 1. The van der Waals surface area contributed by atoms with Gasteiger partial charge in [-0.2, -0.15) is 0 Å². The van der Waals surface area contributed by atoms with E-state index in [1.807, 2.05) is 24.5 Å². The number of benzene rings is 1. The first-order valence-electron chi connectivity index (χ1n) is 5.72. The predicted octanol–water partition coefficient (Wildman–Crippen LogP) is 3.45. The fourth-order valence-corrected chi connectivity index (χ4v) is 2.33. The van der Waals surface area contributed by atoms with Crippen molar-refractivity contribution in [1.29, 1.82) is 0 Å². The maximum absolute atomic E-state index is 11.0. The summed E-state index contributed by atoms with van der Waals surface area (Å²) in [5.74, 6) is -0.484. The first kappa shape index (κ1) is 13.5. The van der Waals surface area contributed by atoms with Crippen molar-refractivity contribution in [2.24, 2.45) is 0 Å². The molecule has 100 valence electrons. The number of aromatic carboxylic acids is 1. The molecule has 2 aromatic rings. The van der Waals surface area contributed by atoms with Crippen LogP contribution in [0.15, 0.2) is 24.3 Å². The molecule has 4 nitrogen and oxygen atoms in total. The number of aromatic nitrogens is 1. The molecule has 0 spiro atoms. The summed E-state index contributed by atoms with van der Waals surface area (Å²) in [6, 6.07) is 6.64. The van der Waals surface area contributed by atoms with Crippen molar-refractivity contribution < 1.29 is 14.6 Å². The van der Waals surface area contributed by atoms with Gasteiger partial charge in [-0.25, -0.2) is 4.79 Å². The van der Waals surface area contributed by atoms with Gasteiger partial charge in [-0.05, 0) is 38.1 Å². The number of ether oxygens (including phenoxy) is 1. The maximum Gasteiger partial charge on any atom is 0.335 e. The van der Waals surface area contributed by atoms with Crippen molar-refractivity contribution in [3.8, 4) is 11.4 Å². The molecule has 0 atom stereocenters. The van der Waals surface area contributed by atoms with Crippen molar-refractivity contribution in [2.75, 3.05) is 7.11 Å². The molecule has 0 unspecified atom stereocenters. The van der Waals surface area contributed by atoms with E-state index in [-0.39, 0.29) is 5.56 Å². The molecule has 0 amide bonds. The zero-order chi connectivity index (χ0) is 14.2. The van der Waals surface area contributed by atoms with E-state index in [1.165, 1.54) is 13.2 Å². The number of hydrogen-bond donors (Lipinski definition) is 1. The summed E-state index contributed by atoms with van der Waals surface area (Å²) in [5.41, 5.74) is 2.81. The van der Waals surface area contributed by atoms with Crippen LogP contribution in [0.2, 0.25) is 5.02 Å². The highest BCUT2D eigenvalue weighted by Crippen LogP contribution is 2.30. The lowest BCUT2D eigenvalue weighted by molar-refractivity contribution is 0.0696. The van der Waals surface area contributed by atoms with Gasteiger partial charge in [-0.3, -0.25) is 0 Å². The van der Waals surface area contributed by atoms with E-state index in [2.05, 4.69) is 0 Å². The van der Waals surface area contributed by atoms with Gasteiger partial charge in [0.05, 0.1) is 23.4 Å². The summed E-state index contributed by atoms with van der Waals surface area (Å²) in [5, 5.41) is 9.66. The van der Waals surface area contributed by atoms with E-state index in [9.17, 15) is 4.79 Å². The quantitative estimate of drug-likeness (QED) is 0.936. The fraction of sp³-hybridized carbons (Fsp3) is 0.214. The normalized spacial score (nSPS) is 10.5. The van der Waals surface area contributed by atoms with Crippen LogP contribution in [0.5, 0.6) is 5.75 Å². The highest BCUT2D eigenvalue weighted by molar-refractivity contribution is 6.31. The molecule has 0 bridgehead atoms. The molecule has 1 heterocycles. The van der Waals surface area contributed by atoms with Crippen molar-refractivity contribution in [3.63, 3.8) is 0 Å². The molecule has 2 rings (SSSR count). The molecule has 0 saturated heterocycles. The molecular formula is C14H14ClNO3. The largest absolute Gasteiger partial charge is 0.495 e. The van der Waals surface area contributed by atoms with Crippen LogP contribution >= 0.6 is 11.6 Å². The average Bonchev–Trinajstić information content (AvgIpc) is 2.62. The van der Waals surface area contributed by atoms with E-state index < -0.39 is 5.97 Å². The molecular weight excluding hydrogens is 266 g/mol. The molecule has 1 aromatic heterocycles. The first-order valence-corrected chi connectivity index (χ1v) is 6.09. The second kappa shape index (κ2) is 4.97. The molecule has 0 aliphatic rings. The second-order valence-electron chi connectivity index (χ2n) is 4.25. The minimum Gasteiger partial charge on any atom is -0.495 e. The fourth-order valence-electron chi connectivity index (χ4n) is 2.09. The van der Waals surface area contributed by atoms with Gasteiger partial charge in [0.1, 0.15) is 5.75 Å². The Labute approximate surface area is 116 Å². The Morgan fingerprint density at radius 1 is 1.32 bits per heavy atom. The lowest BCUT2D eigenvalue weighted by Gasteiger charge is -2.14. The number of aryl methyl sites for hydroxylation is 1. The summed E-state index contributed by atoms with van der Waals surface area (Å²) in [6.07, 6.45) is 0. The van der Waals surface area contributed by atoms with E-state index in [0.29, 0.717) is 10.8 Å². The Hall–Kier alpha value is -1.94. The van der Waals surface area contributed by atoms with Gasteiger partial charge in [-0.1, -0.05) is 11.6 Å². The third-order valence-corrected chi connectivity index (χ3v) is 3.42. The van der Waals surface area contributed by atoms with Crippen molar-refractivity contribution in [2.45, 2.75) is 13.8 Å². The number of rotatable bonds is 3. The summed E-state index contributed by atoms with van der Waals surface area (Å²) >= 11 is 6.11. The Bertz CT molecular complexity index is 646. The van der Waals surface area contributed by atoms with Gasteiger partial charge in [0.25, 0.3) is 0 Å². The molecule has 0 fully saturated rings. The minimum atomic E-state index is -0.983. The lowest BCUT2D eigenvalue weighted by Crippen LogP contribution is -2.04. The molecule has 0 saturated carbocycles. The topological polar surface area (TPSA) is 51.5 Å². The zero-order valence-electron chi connectivity index (χ0n) is 10.9. The monoisotopic (exact) mass is 279 g/mol. The van der Waals surface area contributed by atoms with Crippen LogP contribution in [0.3, 0.4) is 0 Å². The second-order valence-corrected chi connectivity index (χ2v) is 4.65. The molecule has 19 heavy (non-hydrogen) atoms. The minimum absolute atomic E-state index is 0.189. The van der Waals surface area contributed by atoms with E-state index in [0.717, 1.165) is 17.1 Å². The lowest BCUT2D eigenvalue weighted by atomic mass is 10.2. The summed E-state index contributed by atoms with van der Waals surface area (Å²) in [4.78, 5) is 11.0. The Kier molecular flexibility index (Phi) is 3.53. The van der Waals surface area contributed by atoms with Crippen LogP contribution in [0.25, 0.3) is 5.69 Å².